The molecule has 1 aromatic carbocycles. The highest BCUT2D eigenvalue weighted by atomic mass is 79.9. The molecular weight excluding hydrogens is 278 g/mol. The van der Waals surface area contributed by atoms with Crippen LogP contribution >= 0.6 is 15.9 Å². The quantitative estimate of drug-likeness (QED) is 0.757. The van der Waals surface area contributed by atoms with E-state index in [9.17, 15) is 0 Å². The maximum Gasteiger partial charge on any atom is 0.0482 e. The zero-order valence-corrected chi connectivity index (χ0v) is 12.3. The van der Waals surface area contributed by atoms with Crippen molar-refractivity contribution in [1.29, 1.82) is 0 Å². The van der Waals surface area contributed by atoms with Gasteiger partial charge in [0.25, 0.3) is 0 Å². The van der Waals surface area contributed by atoms with Gasteiger partial charge in [0.15, 0.2) is 0 Å². The van der Waals surface area contributed by atoms with Gasteiger partial charge in [-0.05, 0) is 36.4 Å². The first kappa shape index (κ1) is 14.7. The van der Waals surface area contributed by atoms with Gasteiger partial charge in [0.05, 0.1) is 0 Å². The summed E-state index contributed by atoms with van der Waals surface area (Å²) in [6.45, 7) is 6.34. The number of halogens is 1. The van der Waals surface area contributed by atoms with Crippen molar-refractivity contribution in [3.8, 4) is 0 Å². The number of hydrogen-bond donors (Lipinski definition) is 2. The normalized spacial score (nSPS) is 11.8. The van der Waals surface area contributed by atoms with Crippen molar-refractivity contribution in [2.24, 2.45) is 5.41 Å². The molecule has 1 aromatic rings. The van der Waals surface area contributed by atoms with Crippen LogP contribution in [0.15, 0.2) is 28.7 Å². The standard InChI is InChI=1S/C14H22BrNO/c1-14(2,11-17)8-5-9-16-10-12-6-3-4-7-13(12)15/h3-4,6-7,16-17H,5,8-11H2,1-2H3. The number of hydrogen-bond acceptors (Lipinski definition) is 2. The first-order valence-electron chi connectivity index (χ1n) is 6.10. The van der Waals surface area contributed by atoms with Gasteiger partial charge in [-0.3, -0.25) is 0 Å². The van der Waals surface area contributed by atoms with Crippen molar-refractivity contribution in [2.45, 2.75) is 33.2 Å². The minimum atomic E-state index is 0.0506. The SMILES string of the molecule is CC(C)(CO)CCCNCc1ccccc1Br. The molecular formula is C14H22BrNO. The van der Waals surface area contributed by atoms with Crippen LogP contribution in [0.1, 0.15) is 32.3 Å². The minimum absolute atomic E-state index is 0.0506. The summed E-state index contributed by atoms with van der Waals surface area (Å²) in [5.74, 6) is 0. The molecule has 3 heteroatoms. The van der Waals surface area contributed by atoms with Gasteiger partial charge in [0, 0.05) is 17.6 Å². The Balaban J connectivity index is 2.19. The maximum absolute atomic E-state index is 9.14. The van der Waals surface area contributed by atoms with Gasteiger partial charge >= 0.3 is 0 Å². The van der Waals surface area contributed by atoms with Crippen molar-refractivity contribution in [3.63, 3.8) is 0 Å². The van der Waals surface area contributed by atoms with Crippen LogP contribution in [0.3, 0.4) is 0 Å². The Labute approximate surface area is 113 Å². The second kappa shape index (κ2) is 7.14. The molecule has 0 aliphatic rings. The third-order valence-electron chi connectivity index (χ3n) is 2.91. The van der Waals surface area contributed by atoms with Crippen molar-refractivity contribution in [2.75, 3.05) is 13.2 Å². The van der Waals surface area contributed by atoms with Crippen molar-refractivity contribution in [1.82, 2.24) is 5.32 Å². The Morgan fingerprint density at radius 1 is 1.29 bits per heavy atom. The van der Waals surface area contributed by atoms with E-state index in [2.05, 4.69) is 53.3 Å². The molecule has 0 saturated carbocycles. The van der Waals surface area contributed by atoms with E-state index in [1.165, 1.54) is 5.56 Å². The summed E-state index contributed by atoms with van der Waals surface area (Å²) in [6, 6.07) is 8.26. The van der Waals surface area contributed by atoms with E-state index in [1.54, 1.807) is 0 Å². The van der Waals surface area contributed by atoms with E-state index in [-0.39, 0.29) is 12.0 Å². The fourth-order valence-electron chi connectivity index (χ4n) is 1.64. The summed E-state index contributed by atoms with van der Waals surface area (Å²) >= 11 is 3.54. The average molecular weight is 300 g/mol. The van der Waals surface area contributed by atoms with E-state index < -0.39 is 0 Å². The van der Waals surface area contributed by atoms with E-state index in [0.29, 0.717) is 0 Å². The molecule has 0 saturated heterocycles. The lowest BCUT2D eigenvalue weighted by Gasteiger charge is -2.21. The van der Waals surface area contributed by atoms with Crippen LogP contribution in [-0.4, -0.2) is 18.3 Å². The van der Waals surface area contributed by atoms with Gasteiger partial charge in [-0.25, -0.2) is 0 Å². The zero-order chi connectivity index (χ0) is 12.7. The predicted octanol–water partition coefficient (Wildman–Crippen LogP) is 3.34. The first-order valence-corrected chi connectivity index (χ1v) is 6.89. The summed E-state index contributed by atoms with van der Waals surface area (Å²) in [7, 11) is 0. The van der Waals surface area contributed by atoms with Gasteiger partial charge < -0.3 is 10.4 Å². The van der Waals surface area contributed by atoms with Gasteiger partial charge in [0.2, 0.25) is 0 Å². The predicted molar refractivity (Wildman–Crippen MR) is 75.9 cm³/mol. The lowest BCUT2D eigenvalue weighted by Crippen LogP contribution is -2.21. The van der Waals surface area contributed by atoms with Gasteiger partial charge in [-0.1, -0.05) is 48.0 Å². The Morgan fingerprint density at radius 2 is 2.00 bits per heavy atom. The third-order valence-corrected chi connectivity index (χ3v) is 3.68. The average Bonchev–Trinajstić information content (AvgIpc) is 2.31. The van der Waals surface area contributed by atoms with Crippen LogP contribution in [0.5, 0.6) is 0 Å². The lowest BCUT2D eigenvalue weighted by atomic mass is 9.89. The number of rotatable bonds is 7. The minimum Gasteiger partial charge on any atom is -0.396 e. The number of aliphatic hydroxyl groups is 1. The molecule has 0 bridgehead atoms. The molecule has 0 unspecified atom stereocenters. The molecule has 0 aliphatic carbocycles. The highest BCUT2D eigenvalue weighted by Crippen LogP contribution is 2.20. The second-order valence-electron chi connectivity index (χ2n) is 5.19. The number of aliphatic hydroxyl groups excluding tert-OH is 1. The smallest absolute Gasteiger partial charge is 0.0482 e. The molecule has 2 nitrogen and oxygen atoms in total. The van der Waals surface area contributed by atoms with Crippen LogP contribution in [0.4, 0.5) is 0 Å². The van der Waals surface area contributed by atoms with Crippen LogP contribution in [0, 0.1) is 5.41 Å². The van der Waals surface area contributed by atoms with Crippen molar-refractivity contribution in [3.05, 3.63) is 34.3 Å². The summed E-state index contributed by atoms with van der Waals surface area (Å²) in [5, 5.41) is 12.6. The number of benzene rings is 1. The molecule has 0 spiro atoms. The van der Waals surface area contributed by atoms with Crippen LogP contribution < -0.4 is 5.32 Å². The third kappa shape index (κ3) is 5.66. The largest absolute Gasteiger partial charge is 0.396 e. The Hall–Kier alpha value is -0.380. The summed E-state index contributed by atoms with van der Waals surface area (Å²) in [4.78, 5) is 0. The molecule has 0 atom stereocenters. The van der Waals surface area contributed by atoms with E-state index in [4.69, 9.17) is 5.11 Å². The molecule has 0 aromatic heterocycles. The fourth-order valence-corrected chi connectivity index (χ4v) is 2.06. The van der Waals surface area contributed by atoms with Crippen LogP contribution in [-0.2, 0) is 6.54 Å². The van der Waals surface area contributed by atoms with Crippen LogP contribution in [0.2, 0.25) is 0 Å². The van der Waals surface area contributed by atoms with Gasteiger partial charge in [-0.2, -0.15) is 0 Å². The van der Waals surface area contributed by atoms with E-state index in [0.717, 1.165) is 30.4 Å². The monoisotopic (exact) mass is 299 g/mol. The van der Waals surface area contributed by atoms with Crippen LogP contribution in [0.25, 0.3) is 0 Å². The lowest BCUT2D eigenvalue weighted by molar-refractivity contribution is 0.148. The van der Waals surface area contributed by atoms with Crippen molar-refractivity contribution < 1.29 is 5.11 Å². The molecule has 0 aliphatic heterocycles. The first-order chi connectivity index (χ1) is 8.05. The molecule has 1 rings (SSSR count). The summed E-state index contributed by atoms with van der Waals surface area (Å²) in [6.07, 6.45) is 2.14. The number of nitrogens with one attached hydrogen (secondary N) is 1. The summed E-state index contributed by atoms with van der Waals surface area (Å²) < 4.78 is 1.16. The zero-order valence-electron chi connectivity index (χ0n) is 10.7. The highest BCUT2D eigenvalue weighted by Gasteiger charge is 2.15. The topological polar surface area (TPSA) is 32.3 Å². The molecule has 0 fully saturated rings. The van der Waals surface area contributed by atoms with Gasteiger partial charge in [-0.15, -0.1) is 0 Å². The summed E-state index contributed by atoms with van der Waals surface area (Å²) in [5.41, 5.74) is 1.34. The van der Waals surface area contributed by atoms with Crippen molar-refractivity contribution >= 4 is 15.9 Å². The fraction of sp³-hybridized carbons (Fsp3) is 0.571. The van der Waals surface area contributed by atoms with E-state index in [1.807, 2.05) is 6.07 Å². The van der Waals surface area contributed by atoms with Gasteiger partial charge in [0.1, 0.15) is 0 Å². The molecule has 0 radical (unpaired) electrons. The molecule has 2 N–H and O–H groups in total. The van der Waals surface area contributed by atoms with E-state index >= 15 is 0 Å². The maximum atomic E-state index is 9.14. The Morgan fingerprint density at radius 3 is 2.65 bits per heavy atom. The highest BCUT2D eigenvalue weighted by molar-refractivity contribution is 9.10. The second-order valence-corrected chi connectivity index (χ2v) is 6.05. The Kier molecular flexibility index (Phi) is 6.17. The molecule has 0 amide bonds. The molecule has 0 heterocycles. The Bertz CT molecular complexity index is 339. The molecule has 96 valence electrons. The molecule has 17 heavy (non-hydrogen) atoms.